The minimum atomic E-state index is 0.0954. The Kier molecular flexibility index (Phi) is 3.01. The second-order valence-corrected chi connectivity index (χ2v) is 5.38. The van der Waals surface area contributed by atoms with E-state index in [1.165, 1.54) is 12.8 Å². The van der Waals surface area contributed by atoms with Crippen LogP contribution < -0.4 is 0 Å². The number of carbonyl (C=O) groups excluding carboxylic acids is 1. The second-order valence-electron chi connectivity index (χ2n) is 5.38. The highest BCUT2D eigenvalue weighted by Crippen LogP contribution is 2.25. The molecule has 19 heavy (non-hydrogen) atoms. The Labute approximate surface area is 112 Å². The molecule has 1 aromatic heterocycles. The van der Waals surface area contributed by atoms with Gasteiger partial charge in [-0.25, -0.2) is 4.98 Å². The van der Waals surface area contributed by atoms with Crippen LogP contribution in [0.5, 0.6) is 0 Å². The number of hydrogen-bond acceptors (Lipinski definition) is 3. The molecule has 1 aliphatic heterocycles. The number of likely N-dealkylation sites (tertiary alicyclic amines) is 1. The topological polar surface area (TPSA) is 46.3 Å². The Balaban J connectivity index is 1.93. The van der Waals surface area contributed by atoms with E-state index in [1.54, 1.807) is 6.07 Å². The molecular weight excluding hydrogens is 240 g/mol. The van der Waals surface area contributed by atoms with Crippen LogP contribution in [0.2, 0.25) is 0 Å². The number of aromatic nitrogens is 1. The van der Waals surface area contributed by atoms with Gasteiger partial charge in [-0.05, 0) is 51.3 Å². The van der Waals surface area contributed by atoms with Crippen LogP contribution in [0.25, 0.3) is 11.1 Å². The van der Waals surface area contributed by atoms with Crippen molar-refractivity contribution in [1.29, 1.82) is 0 Å². The summed E-state index contributed by atoms with van der Waals surface area (Å²) in [5, 5.41) is 0. The van der Waals surface area contributed by atoms with Crippen molar-refractivity contribution in [3.63, 3.8) is 0 Å². The number of oxazole rings is 1. The fourth-order valence-electron chi connectivity index (χ4n) is 2.96. The average molecular weight is 258 g/mol. The van der Waals surface area contributed by atoms with E-state index in [0.29, 0.717) is 23.2 Å². The molecule has 0 N–H and O–H groups in total. The number of rotatable bonds is 1. The molecular formula is C15H18N2O2. The van der Waals surface area contributed by atoms with Gasteiger partial charge in [0.1, 0.15) is 5.52 Å². The largest absolute Gasteiger partial charge is 0.443 e. The summed E-state index contributed by atoms with van der Waals surface area (Å²) in [6.07, 6.45) is 4.78. The number of nitrogens with zero attached hydrogens (tertiary/aromatic N) is 2. The van der Waals surface area contributed by atoms with Gasteiger partial charge in [-0.2, -0.15) is 0 Å². The zero-order valence-electron chi connectivity index (χ0n) is 11.3. The lowest BCUT2D eigenvalue weighted by atomic mass is 9.96. The predicted molar refractivity (Wildman–Crippen MR) is 73.0 cm³/mol. The van der Waals surface area contributed by atoms with E-state index in [0.717, 1.165) is 18.4 Å². The van der Waals surface area contributed by atoms with Crippen molar-refractivity contribution in [3.05, 3.63) is 30.2 Å². The monoisotopic (exact) mass is 258 g/mol. The lowest BCUT2D eigenvalue weighted by molar-refractivity contribution is 0.0511. The Hall–Kier alpha value is -1.84. The molecule has 0 aliphatic carbocycles. The number of amides is 1. The maximum absolute atomic E-state index is 12.6. The molecule has 0 radical (unpaired) electrons. The lowest BCUT2D eigenvalue weighted by Gasteiger charge is -2.39. The molecule has 1 saturated heterocycles. The van der Waals surface area contributed by atoms with E-state index in [9.17, 15) is 4.79 Å². The van der Waals surface area contributed by atoms with Gasteiger partial charge in [0.25, 0.3) is 5.91 Å². The molecule has 2 aromatic rings. The van der Waals surface area contributed by atoms with Gasteiger partial charge in [-0.3, -0.25) is 4.79 Å². The van der Waals surface area contributed by atoms with E-state index >= 15 is 0 Å². The van der Waals surface area contributed by atoms with Gasteiger partial charge < -0.3 is 9.32 Å². The first-order chi connectivity index (χ1) is 9.16. The molecule has 2 unspecified atom stereocenters. The minimum Gasteiger partial charge on any atom is -0.443 e. The van der Waals surface area contributed by atoms with Crippen LogP contribution in [0.4, 0.5) is 0 Å². The Morgan fingerprint density at radius 2 is 2.05 bits per heavy atom. The van der Waals surface area contributed by atoms with Crippen molar-refractivity contribution in [2.45, 2.75) is 45.2 Å². The average Bonchev–Trinajstić information content (AvgIpc) is 2.85. The zero-order valence-corrected chi connectivity index (χ0v) is 11.3. The van der Waals surface area contributed by atoms with E-state index in [-0.39, 0.29) is 5.91 Å². The third-order valence-corrected chi connectivity index (χ3v) is 4.01. The van der Waals surface area contributed by atoms with Crippen molar-refractivity contribution >= 4 is 17.0 Å². The van der Waals surface area contributed by atoms with Crippen molar-refractivity contribution in [1.82, 2.24) is 9.88 Å². The van der Waals surface area contributed by atoms with Gasteiger partial charge in [0, 0.05) is 17.6 Å². The third-order valence-electron chi connectivity index (χ3n) is 4.01. The molecule has 0 spiro atoms. The summed E-state index contributed by atoms with van der Waals surface area (Å²) in [4.78, 5) is 18.7. The molecule has 1 fully saturated rings. The molecule has 2 atom stereocenters. The Morgan fingerprint density at radius 1 is 1.32 bits per heavy atom. The summed E-state index contributed by atoms with van der Waals surface area (Å²) in [5.74, 6) is 0.0954. The Bertz CT molecular complexity index is 595. The standard InChI is InChI=1S/C15H18N2O2/c1-10-4-3-5-11(2)17(10)15(18)12-6-7-13-14(8-12)19-9-16-13/h6-11H,3-5H2,1-2H3. The summed E-state index contributed by atoms with van der Waals surface area (Å²) in [6, 6.07) is 6.08. The molecule has 0 saturated carbocycles. The first-order valence-electron chi connectivity index (χ1n) is 6.82. The summed E-state index contributed by atoms with van der Waals surface area (Å²) < 4.78 is 5.27. The van der Waals surface area contributed by atoms with Crippen molar-refractivity contribution in [2.24, 2.45) is 0 Å². The molecule has 100 valence electrons. The van der Waals surface area contributed by atoms with Gasteiger partial charge in [0.15, 0.2) is 12.0 Å². The predicted octanol–water partition coefficient (Wildman–Crippen LogP) is 3.23. The molecule has 4 heteroatoms. The summed E-state index contributed by atoms with van der Waals surface area (Å²) >= 11 is 0. The van der Waals surface area contributed by atoms with E-state index in [1.807, 2.05) is 17.0 Å². The normalized spacial score (nSPS) is 23.8. The number of carbonyl (C=O) groups is 1. The van der Waals surface area contributed by atoms with Crippen LogP contribution >= 0.6 is 0 Å². The van der Waals surface area contributed by atoms with Crippen LogP contribution in [0.1, 0.15) is 43.5 Å². The van der Waals surface area contributed by atoms with Gasteiger partial charge in [0.05, 0.1) is 0 Å². The fraction of sp³-hybridized carbons (Fsp3) is 0.467. The van der Waals surface area contributed by atoms with Crippen LogP contribution in [0, 0.1) is 0 Å². The third kappa shape index (κ3) is 2.11. The quantitative estimate of drug-likeness (QED) is 0.789. The van der Waals surface area contributed by atoms with Gasteiger partial charge in [-0.1, -0.05) is 0 Å². The SMILES string of the molecule is CC1CCCC(C)N1C(=O)c1ccc2ncoc2c1. The van der Waals surface area contributed by atoms with E-state index in [4.69, 9.17) is 4.42 Å². The smallest absolute Gasteiger partial charge is 0.254 e. The van der Waals surface area contributed by atoms with Crippen LogP contribution in [-0.2, 0) is 0 Å². The minimum absolute atomic E-state index is 0.0954. The van der Waals surface area contributed by atoms with Gasteiger partial charge >= 0.3 is 0 Å². The Morgan fingerprint density at radius 3 is 2.79 bits per heavy atom. The van der Waals surface area contributed by atoms with Crippen molar-refractivity contribution in [3.8, 4) is 0 Å². The number of fused-ring (bicyclic) bond motifs is 1. The first-order valence-corrected chi connectivity index (χ1v) is 6.82. The number of piperidine rings is 1. The van der Waals surface area contributed by atoms with Crippen LogP contribution in [0.3, 0.4) is 0 Å². The van der Waals surface area contributed by atoms with E-state index < -0.39 is 0 Å². The molecule has 3 rings (SSSR count). The number of hydrogen-bond donors (Lipinski definition) is 0. The lowest BCUT2D eigenvalue weighted by Crippen LogP contribution is -2.47. The summed E-state index contributed by atoms with van der Waals surface area (Å²) in [6.45, 7) is 4.25. The second kappa shape index (κ2) is 4.68. The van der Waals surface area contributed by atoms with Crippen molar-refractivity contribution in [2.75, 3.05) is 0 Å². The van der Waals surface area contributed by atoms with Crippen molar-refractivity contribution < 1.29 is 9.21 Å². The maximum atomic E-state index is 12.6. The van der Waals surface area contributed by atoms with E-state index in [2.05, 4.69) is 18.8 Å². The highest BCUT2D eigenvalue weighted by atomic mass is 16.3. The zero-order chi connectivity index (χ0) is 13.4. The van der Waals surface area contributed by atoms with Crippen LogP contribution in [-0.4, -0.2) is 27.9 Å². The molecule has 1 aromatic carbocycles. The molecule has 2 heterocycles. The highest BCUT2D eigenvalue weighted by molar-refractivity contribution is 5.97. The molecule has 1 aliphatic rings. The summed E-state index contributed by atoms with van der Waals surface area (Å²) in [7, 11) is 0. The molecule has 1 amide bonds. The maximum Gasteiger partial charge on any atom is 0.254 e. The summed E-state index contributed by atoms with van der Waals surface area (Å²) in [5.41, 5.74) is 2.14. The van der Waals surface area contributed by atoms with Gasteiger partial charge in [0.2, 0.25) is 0 Å². The molecule has 0 bridgehead atoms. The fourth-order valence-corrected chi connectivity index (χ4v) is 2.96. The van der Waals surface area contributed by atoms with Crippen LogP contribution in [0.15, 0.2) is 29.0 Å². The highest BCUT2D eigenvalue weighted by Gasteiger charge is 2.29. The molecule has 4 nitrogen and oxygen atoms in total. The van der Waals surface area contributed by atoms with Gasteiger partial charge in [-0.15, -0.1) is 0 Å². The number of benzene rings is 1. The first kappa shape index (κ1) is 12.2.